The second-order valence-corrected chi connectivity index (χ2v) is 11.7. The number of nitrogens with one attached hydrogen (secondary N) is 2. The molecule has 1 saturated carbocycles. The first kappa shape index (κ1) is 24.6. The Morgan fingerprint density at radius 2 is 1.74 bits per heavy atom. The van der Waals surface area contributed by atoms with Gasteiger partial charge in [0.2, 0.25) is 0 Å². The van der Waals surface area contributed by atoms with Crippen molar-refractivity contribution in [2.75, 3.05) is 19.6 Å². The van der Waals surface area contributed by atoms with Gasteiger partial charge in [-0.25, -0.2) is 23.1 Å². The van der Waals surface area contributed by atoms with Crippen molar-refractivity contribution in [2.45, 2.75) is 48.4 Å². The van der Waals surface area contributed by atoms with E-state index in [1.54, 1.807) is 18.2 Å². The van der Waals surface area contributed by atoms with Gasteiger partial charge in [-0.1, -0.05) is 31.4 Å². The molecule has 9 nitrogen and oxygen atoms in total. The summed E-state index contributed by atoms with van der Waals surface area (Å²) in [6.45, 7) is -0.161. The van der Waals surface area contributed by atoms with Crippen LogP contribution in [0, 0.1) is 5.82 Å². The third-order valence-corrected chi connectivity index (χ3v) is 9.75. The lowest BCUT2D eigenvalue weighted by Crippen LogP contribution is -2.62. The van der Waals surface area contributed by atoms with Crippen LogP contribution in [0.25, 0.3) is 10.4 Å². The number of urea groups is 1. The number of hydroxylamine groups is 1. The maximum Gasteiger partial charge on any atom is 0.317 e. The summed E-state index contributed by atoms with van der Waals surface area (Å²) >= 11 is 1.00. The second-order valence-electron chi connectivity index (χ2n) is 8.46. The first-order valence-corrected chi connectivity index (χ1v) is 13.4. The number of nitrogens with zero attached hydrogens (tertiary/aromatic N) is 2. The molecule has 1 unspecified atom stereocenters. The van der Waals surface area contributed by atoms with Crippen LogP contribution in [0.1, 0.15) is 32.1 Å². The van der Waals surface area contributed by atoms with Crippen LogP contribution in [0.15, 0.2) is 40.6 Å². The largest absolute Gasteiger partial charge is 0.335 e. The van der Waals surface area contributed by atoms with Gasteiger partial charge in [-0.3, -0.25) is 10.0 Å². The highest BCUT2D eigenvalue weighted by Gasteiger charge is 2.42. The van der Waals surface area contributed by atoms with Crippen molar-refractivity contribution in [3.63, 3.8) is 0 Å². The lowest BCUT2D eigenvalue weighted by Gasteiger charge is -2.39. The SMILES string of the molecule is O=C(NO)C1CN(C(=O)NC2CCCCC2)CCN1S(=O)(=O)c1ccc(-c2ccc(F)cc2)s1. The van der Waals surface area contributed by atoms with E-state index in [0.29, 0.717) is 10.4 Å². The van der Waals surface area contributed by atoms with Crippen molar-refractivity contribution < 1.29 is 27.6 Å². The van der Waals surface area contributed by atoms with E-state index >= 15 is 0 Å². The number of rotatable bonds is 5. The fraction of sp³-hybridized carbons (Fsp3) is 0.455. The third-order valence-electron chi connectivity index (χ3n) is 6.24. The number of amides is 3. The minimum absolute atomic E-state index is 0.0164. The monoisotopic (exact) mass is 510 g/mol. The Hall–Kier alpha value is -2.54. The highest BCUT2D eigenvalue weighted by Crippen LogP contribution is 2.33. The normalized spacial score (nSPS) is 20.2. The van der Waals surface area contributed by atoms with E-state index in [-0.39, 0.29) is 35.9 Å². The van der Waals surface area contributed by atoms with Gasteiger partial charge in [-0.2, -0.15) is 4.31 Å². The number of thiophene rings is 1. The number of piperazine rings is 1. The van der Waals surface area contributed by atoms with E-state index in [1.807, 2.05) is 0 Å². The first-order valence-electron chi connectivity index (χ1n) is 11.2. The summed E-state index contributed by atoms with van der Waals surface area (Å²) in [6.07, 6.45) is 5.04. The molecular weight excluding hydrogens is 483 g/mol. The third kappa shape index (κ3) is 5.24. The van der Waals surface area contributed by atoms with E-state index in [2.05, 4.69) is 5.32 Å². The molecule has 1 aromatic heterocycles. The summed E-state index contributed by atoms with van der Waals surface area (Å²) in [5.41, 5.74) is 2.20. The molecule has 3 N–H and O–H groups in total. The lowest BCUT2D eigenvalue weighted by molar-refractivity contribution is -0.134. The number of hydrogen-bond acceptors (Lipinski definition) is 6. The summed E-state index contributed by atoms with van der Waals surface area (Å²) in [6, 6.07) is 7.22. The van der Waals surface area contributed by atoms with Gasteiger partial charge in [0.25, 0.3) is 15.9 Å². The van der Waals surface area contributed by atoms with Crippen LogP contribution < -0.4 is 10.8 Å². The van der Waals surface area contributed by atoms with Gasteiger partial charge in [0.1, 0.15) is 16.1 Å². The van der Waals surface area contributed by atoms with Crippen LogP contribution in [-0.4, -0.2) is 66.5 Å². The van der Waals surface area contributed by atoms with Gasteiger partial charge in [-0.05, 0) is 42.7 Å². The number of hydrogen-bond donors (Lipinski definition) is 3. The summed E-state index contributed by atoms with van der Waals surface area (Å²) in [4.78, 5) is 27.2. The molecule has 1 aromatic carbocycles. The molecule has 2 fully saturated rings. The quantitative estimate of drug-likeness (QED) is 0.422. The zero-order valence-electron chi connectivity index (χ0n) is 18.4. The molecule has 1 atom stereocenters. The zero-order valence-corrected chi connectivity index (χ0v) is 20.1. The Morgan fingerprint density at radius 1 is 1.03 bits per heavy atom. The summed E-state index contributed by atoms with van der Waals surface area (Å²) in [5, 5.41) is 12.2. The molecule has 0 spiro atoms. The van der Waals surface area contributed by atoms with Crippen molar-refractivity contribution in [1.29, 1.82) is 0 Å². The fourth-order valence-electron chi connectivity index (χ4n) is 4.38. The average molecular weight is 511 g/mol. The van der Waals surface area contributed by atoms with Gasteiger partial charge in [0, 0.05) is 30.6 Å². The fourth-order valence-corrected chi connectivity index (χ4v) is 7.39. The molecule has 1 saturated heterocycles. The predicted octanol–water partition coefficient (Wildman–Crippen LogP) is 2.78. The molecule has 184 valence electrons. The van der Waals surface area contributed by atoms with Gasteiger partial charge >= 0.3 is 6.03 Å². The van der Waals surface area contributed by atoms with E-state index in [4.69, 9.17) is 0 Å². The number of carbonyl (C=O) groups excluding carboxylic acids is 2. The van der Waals surface area contributed by atoms with Crippen LogP contribution in [0.2, 0.25) is 0 Å². The zero-order chi connectivity index (χ0) is 24.3. The van der Waals surface area contributed by atoms with Crippen LogP contribution in [-0.2, 0) is 14.8 Å². The molecule has 2 aliphatic rings. The highest BCUT2D eigenvalue weighted by molar-refractivity contribution is 7.91. The number of sulfonamides is 1. The minimum Gasteiger partial charge on any atom is -0.335 e. The number of benzene rings is 1. The van der Waals surface area contributed by atoms with Crippen molar-refractivity contribution >= 4 is 33.3 Å². The second kappa shape index (κ2) is 10.4. The Morgan fingerprint density at radius 3 is 2.41 bits per heavy atom. The Kier molecular flexibility index (Phi) is 7.51. The van der Waals surface area contributed by atoms with Crippen LogP contribution in [0.5, 0.6) is 0 Å². The molecule has 34 heavy (non-hydrogen) atoms. The van der Waals surface area contributed by atoms with Crippen molar-refractivity contribution in [3.8, 4) is 10.4 Å². The molecule has 2 heterocycles. The summed E-state index contributed by atoms with van der Waals surface area (Å²) < 4.78 is 41.1. The molecule has 12 heteroatoms. The van der Waals surface area contributed by atoms with Crippen LogP contribution in [0.3, 0.4) is 0 Å². The van der Waals surface area contributed by atoms with E-state index in [1.165, 1.54) is 28.6 Å². The molecule has 1 aliphatic heterocycles. The molecule has 0 bridgehead atoms. The van der Waals surface area contributed by atoms with Crippen molar-refractivity contribution in [2.24, 2.45) is 0 Å². The van der Waals surface area contributed by atoms with Crippen molar-refractivity contribution in [3.05, 3.63) is 42.2 Å². The van der Waals surface area contributed by atoms with Crippen LogP contribution >= 0.6 is 11.3 Å². The Labute approximate surface area is 201 Å². The molecule has 2 aromatic rings. The summed E-state index contributed by atoms with van der Waals surface area (Å²) in [7, 11) is -4.09. The predicted molar refractivity (Wildman–Crippen MR) is 124 cm³/mol. The number of carbonyl (C=O) groups is 2. The van der Waals surface area contributed by atoms with Gasteiger partial charge < -0.3 is 10.2 Å². The van der Waals surface area contributed by atoms with Crippen molar-refractivity contribution in [1.82, 2.24) is 20.0 Å². The maximum absolute atomic E-state index is 13.4. The molecule has 4 rings (SSSR count). The average Bonchev–Trinajstić information content (AvgIpc) is 3.35. The molecular formula is C22H27FN4O5S2. The van der Waals surface area contributed by atoms with E-state index in [0.717, 1.165) is 47.7 Å². The van der Waals surface area contributed by atoms with Crippen LogP contribution in [0.4, 0.5) is 9.18 Å². The Bertz CT molecular complexity index is 1130. The number of halogens is 1. The maximum atomic E-state index is 13.4. The summed E-state index contributed by atoms with van der Waals surface area (Å²) in [5.74, 6) is -1.30. The van der Waals surface area contributed by atoms with Gasteiger partial charge in [0.05, 0.1) is 0 Å². The lowest BCUT2D eigenvalue weighted by atomic mass is 9.96. The van der Waals surface area contributed by atoms with Gasteiger partial charge in [-0.15, -0.1) is 11.3 Å². The van der Waals surface area contributed by atoms with Gasteiger partial charge in [0.15, 0.2) is 0 Å². The smallest absolute Gasteiger partial charge is 0.317 e. The molecule has 1 aliphatic carbocycles. The molecule has 3 amide bonds. The topological polar surface area (TPSA) is 119 Å². The highest BCUT2D eigenvalue weighted by atomic mass is 32.2. The Balaban J connectivity index is 1.51. The minimum atomic E-state index is -4.09. The van der Waals surface area contributed by atoms with E-state index in [9.17, 15) is 27.6 Å². The molecule has 0 radical (unpaired) electrons. The van der Waals surface area contributed by atoms with E-state index < -0.39 is 27.8 Å². The first-order chi connectivity index (χ1) is 16.3. The standard InChI is InChI=1S/C22H27FN4O5S2/c23-16-8-6-15(7-9-16)19-10-11-20(33-19)34(31,32)27-13-12-26(14-18(27)21(28)25-30)22(29)24-17-4-2-1-3-5-17/h6-11,17-18,30H,1-5,12-14H2,(H,24,29)(H,25,28).